The normalized spacial score (nSPS) is 17.2. The lowest BCUT2D eigenvalue weighted by atomic mass is 9.81. The first kappa shape index (κ1) is 14.3. The van der Waals surface area contributed by atoms with Crippen LogP contribution in [0.4, 0.5) is 5.82 Å². The molecule has 20 heavy (non-hydrogen) atoms. The molecule has 1 aliphatic rings. The summed E-state index contributed by atoms with van der Waals surface area (Å²) in [7, 11) is 0. The minimum Gasteiger partial charge on any atom is -0.480 e. The molecule has 2 rings (SSSR count). The molecule has 0 aromatic carbocycles. The molecule has 0 atom stereocenters. The van der Waals surface area contributed by atoms with E-state index in [0.717, 1.165) is 30.5 Å². The summed E-state index contributed by atoms with van der Waals surface area (Å²) in [5.41, 5.74) is 1.04. The Morgan fingerprint density at radius 1 is 1.40 bits per heavy atom. The van der Waals surface area contributed by atoms with Gasteiger partial charge in [-0.05, 0) is 38.3 Å². The summed E-state index contributed by atoms with van der Waals surface area (Å²) in [4.78, 5) is 16.0. The highest BCUT2D eigenvalue weighted by Gasteiger charge is 2.40. The van der Waals surface area contributed by atoms with Gasteiger partial charge >= 0.3 is 5.97 Å². The fourth-order valence-corrected chi connectivity index (χ4v) is 2.84. The highest BCUT2D eigenvalue weighted by molar-refractivity contribution is 5.83. The van der Waals surface area contributed by atoms with E-state index >= 15 is 0 Å². The average Bonchev–Trinajstić information content (AvgIpc) is 2.39. The summed E-state index contributed by atoms with van der Waals surface area (Å²) in [6, 6.07) is 3.95. The van der Waals surface area contributed by atoms with Crippen molar-refractivity contribution in [2.45, 2.75) is 51.5 Å². The monoisotopic (exact) mass is 273 g/mol. The smallest absolute Gasteiger partial charge is 0.329 e. The third kappa shape index (κ3) is 2.60. The number of nitriles is 1. The number of nitrogens with zero attached hydrogens (tertiary/aromatic N) is 2. The van der Waals surface area contributed by atoms with Gasteiger partial charge in [0.25, 0.3) is 0 Å². The average molecular weight is 273 g/mol. The van der Waals surface area contributed by atoms with Gasteiger partial charge in [-0.25, -0.2) is 9.78 Å². The van der Waals surface area contributed by atoms with Gasteiger partial charge < -0.3 is 10.4 Å². The Balaban J connectivity index is 2.41. The van der Waals surface area contributed by atoms with E-state index < -0.39 is 11.5 Å². The fourth-order valence-electron chi connectivity index (χ4n) is 2.84. The Morgan fingerprint density at radius 3 is 2.60 bits per heavy atom. The Hall–Kier alpha value is -2.09. The van der Waals surface area contributed by atoms with Gasteiger partial charge in [-0.2, -0.15) is 5.26 Å². The Kier molecular flexibility index (Phi) is 3.93. The van der Waals surface area contributed by atoms with Crippen molar-refractivity contribution in [3.63, 3.8) is 0 Å². The Labute approximate surface area is 118 Å². The molecule has 1 aliphatic carbocycles. The zero-order valence-corrected chi connectivity index (χ0v) is 11.9. The molecule has 0 amide bonds. The van der Waals surface area contributed by atoms with Gasteiger partial charge in [-0.3, -0.25) is 0 Å². The molecule has 0 unspecified atom stereocenters. The molecule has 2 N–H and O–H groups in total. The van der Waals surface area contributed by atoms with E-state index in [1.807, 2.05) is 19.9 Å². The molecule has 5 nitrogen and oxygen atoms in total. The van der Waals surface area contributed by atoms with Crippen LogP contribution < -0.4 is 5.32 Å². The van der Waals surface area contributed by atoms with Crippen molar-refractivity contribution in [1.29, 1.82) is 5.26 Å². The van der Waals surface area contributed by atoms with Gasteiger partial charge in [0.1, 0.15) is 17.4 Å². The van der Waals surface area contributed by atoms with Crippen molar-refractivity contribution < 1.29 is 9.90 Å². The predicted octanol–water partition coefficient (Wildman–Crippen LogP) is 2.77. The third-order valence-electron chi connectivity index (χ3n) is 3.93. The zero-order valence-electron chi connectivity index (χ0n) is 11.9. The number of carbonyl (C=O) groups is 1. The van der Waals surface area contributed by atoms with Crippen LogP contribution in [-0.4, -0.2) is 21.6 Å². The van der Waals surface area contributed by atoms with Gasteiger partial charge in [0.05, 0.1) is 5.56 Å². The van der Waals surface area contributed by atoms with E-state index in [1.54, 1.807) is 0 Å². The van der Waals surface area contributed by atoms with Crippen molar-refractivity contribution in [2.24, 2.45) is 0 Å². The summed E-state index contributed by atoms with van der Waals surface area (Å²) >= 11 is 0. The number of carboxylic acids is 1. The molecule has 0 radical (unpaired) electrons. The first-order valence-corrected chi connectivity index (χ1v) is 6.88. The maximum atomic E-state index is 11.7. The molecular weight excluding hydrogens is 254 g/mol. The molecule has 1 saturated carbocycles. The number of pyridine rings is 1. The first-order chi connectivity index (χ1) is 9.48. The molecular formula is C15H19N3O2. The van der Waals surface area contributed by atoms with Crippen molar-refractivity contribution >= 4 is 11.8 Å². The molecule has 0 bridgehead atoms. The number of aromatic nitrogens is 1. The lowest BCUT2D eigenvalue weighted by molar-refractivity contribution is -0.143. The number of aliphatic carboxylic acids is 1. The van der Waals surface area contributed by atoms with Crippen LogP contribution >= 0.6 is 0 Å². The van der Waals surface area contributed by atoms with Crippen LogP contribution in [0.2, 0.25) is 0 Å². The number of hydrogen-bond donors (Lipinski definition) is 2. The van der Waals surface area contributed by atoms with Gasteiger partial charge in [0.2, 0.25) is 0 Å². The van der Waals surface area contributed by atoms with E-state index in [9.17, 15) is 15.2 Å². The van der Waals surface area contributed by atoms with Crippen LogP contribution in [-0.2, 0) is 4.79 Å². The van der Waals surface area contributed by atoms with Crippen molar-refractivity contribution in [3.05, 3.63) is 22.9 Å². The summed E-state index contributed by atoms with van der Waals surface area (Å²) in [6.07, 6.45) is 3.96. The molecule has 1 fully saturated rings. The number of nitrogens with one attached hydrogen (secondary N) is 1. The van der Waals surface area contributed by atoms with Gasteiger partial charge in [-0.15, -0.1) is 0 Å². The Bertz CT molecular complexity index is 569. The standard InChI is InChI=1S/C15H19N3O2/c1-10-8-11(2)17-13(12(10)9-16)18-15(14(19)20)6-4-3-5-7-15/h8H,3-7H2,1-2H3,(H,17,18)(H,19,20). The van der Waals surface area contributed by atoms with E-state index in [4.69, 9.17) is 0 Å². The number of aryl methyl sites for hydroxylation is 2. The van der Waals surface area contributed by atoms with Crippen molar-refractivity contribution in [1.82, 2.24) is 4.98 Å². The third-order valence-corrected chi connectivity index (χ3v) is 3.93. The van der Waals surface area contributed by atoms with E-state index in [2.05, 4.69) is 16.4 Å². The molecule has 1 aromatic heterocycles. The minimum absolute atomic E-state index is 0.398. The minimum atomic E-state index is -0.989. The maximum absolute atomic E-state index is 11.7. The lowest BCUT2D eigenvalue weighted by Gasteiger charge is -2.34. The van der Waals surface area contributed by atoms with Crippen LogP contribution in [0.1, 0.15) is 48.9 Å². The number of hydrogen-bond acceptors (Lipinski definition) is 4. The summed E-state index contributed by atoms with van der Waals surface area (Å²) in [5, 5.41) is 21.9. The molecule has 0 spiro atoms. The lowest BCUT2D eigenvalue weighted by Crippen LogP contribution is -2.48. The summed E-state index contributed by atoms with van der Waals surface area (Å²) < 4.78 is 0. The second-order valence-corrected chi connectivity index (χ2v) is 5.49. The molecule has 1 heterocycles. The molecule has 106 valence electrons. The van der Waals surface area contributed by atoms with E-state index in [-0.39, 0.29) is 0 Å². The van der Waals surface area contributed by atoms with Crippen LogP contribution in [0.3, 0.4) is 0 Å². The first-order valence-electron chi connectivity index (χ1n) is 6.88. The quantitative estimate of drug-likeness (QED) is 0.884. The molecule has 0 aliphatic heterocycles. The number of carboxylic acid groups (broad SMARTS) is 1. The molecule has 0 saturated heterocycles. The van der Waals surface area contributed by atoms with Crippen LogP contribution in [0.5, 0.6) is 0 Å². The second kappa shape index (κ2) is 5.49. The zero-order chi connectivity index (χ0) is 14.8. The molecule has 1 aromatic rings. The van der Waals surface area contributed by atoms with Crippen LogP contribution in [0, 0.1) is 25.2 Å². The van der Waals surface area contributed by atoms with Gasteiger partial charge in [0.15, 0.2) is 0 Å². The predicted molar refractivity (Wildman–Crippen MR) is 75.5 cm³/mol. The molecule has 5 heteroatoms. The van der Waals surface area contributed by atoms with Crippen molar-refractivity contribution in [3.8, 4) is 6.07 Å². The maximum Gasteiger partial charge on any atom is 0.329 e. The van der Waals surface area contributed by atoms with Crippen molar-refractivity contribution in [2.75, 3.05) is 5.32 Å². The summed E-state index contributed by atoms with van der Waals surface area (Å²) in [5.74, 6) is -0.462. The number of rotatable bonds is 3. The topological polar surface area (TPSA) is 86.0 Å². The van der Waals surface area contributed by atoms with Crippen LogP contribution in [0.25, 0.3) is 0 Å². The van der Waals surface area contributed by atoms with Gasteiger partial charge in [-0.1, -0.05) is 19.3 Å². The van der Waals surface area contributed by atoms with E-state index in [1.165, 1.54) is 0 Å². The SMILES string of the molecule is Cc1cc(C)c(C#N)c(NC2(C(=O)O)CCCCC2)n1. The summed E-state index contributed by atoms with van der Waals surface area (Å²) in [6.45, 7) is 3.68. The van der Waals surface area contributed by atoms with E-state index in [0.29, 0.717) is 24.2 Å². The largest absolute Gasteiger partial charge is 0.480 e. The second-order valence-electron chi connectivity index (χ2n) is 5.49. The highest BCUT2D eigenvalue weighted by Crippen LogP contribution is 2.33. The Morgan fingerprint density at radius 2 is 2.05 bits per heavy atom. The highest BCUT2D eigenvalue weighted by atomic mass is 16.4. The van der Waals surface area contributed by atoms with Crippen LogP contribution in [0.15, 0.2) is 6.07 Å². The number of anilines is 1. The fraction of sp³-hybridized carbons (Fsp3) is 0.533. The van der Waals surface area contributed by atoms with Gasteiger partial charge in [0, 0.05) is 5.69 Å².